The molecule has 2 heterocycles. The molecular weight excluding hydrogens is 463 g/mol. The van der Waals surface area contributed by atoms with Gasteiger partial charge in [0.25, 0.3) is 0 Å². The normalized spacial score (nSPS) is 15.5. The van der Waals surface area contributed by atoms with E-state index in [4.69, 9.17) is 9.98 Å². The smallest absolute Gasteiger partial charge is 0.207 e. The first kappa shape index (κ1) is 24.5. The third kappa shape index (κ3) is 5.05. The molecule has 0 aliphatic carbocycles. The third-order valence-electron chi connectivity index (χ3n) is 7.41. The summed E-state index contributed by atoms with van der Waals surface area (Å²) in [6, 6.07) is 25.6. The number of halogens is 1. The first-order chi connectivity index (χ1) is 18.1. The molecule has 0 radical (unpaired) electrons. The van der Waals surface area contributed by atoms with E-state index in [-0.39, 0.29) is 11.2 Å². The lowest BCUT2D eigenvalue weighted by atomic mass is 9.72. The number of hydrogen-bond donors (Lipinski definition) is 1. The van der Waals surface area contributed by atoms with Gasteiger partial charge in [0.05, 0.1) is 16.4 Å². The number of nitriles is 1. The summed E-state index contributed by atoms with van der Waals surface area (Å²) in [5, 5.41) is 12.2. The molecule has 37 heavy (non-hydrogen) atoms. The van der Waals surface area contributed by atoms with Crippen molar-refractivity contribution in [2.45, 2.75) is 31.1 Å². The van der Waals surface area contributed by atoms with Crippen molar-refractivity contribution in [3.63, 3.8) is 0 Å². The fourth-order valence-electron chi connectivity index (χ4n) is 5.48. The molecule has 1 fully saturated rings. The summed E-state index contributed by atoms with van der Waals surface area (Å²) in [7, 11) is 2.01. The van der Waals surface area contributed by atoms with Gasteiger partial charge in [-0.1, -0.05) is 60.7 Å². The Labute approximate surface area is 217 Å². The van der Waals surface area contributed by atoms with Crippen LogP contribution in [0.4, 0.5) is 4.39 Å². The van der Waals surface area contributed by atoms with Crippen molar-refractivity contribution in [1.82, 2.24) is 19.8 Å². The highest BCUT2D eigenvalue weighted by Gasteiger charge is 2.42. The number of nitrogens with zero attached hydrogens (tertiary/aromatic N) is 5. The molecule has 0 amide bonds. The van der Waals surface area contributed by atoms with Gasteiger partial charge < -0.3 is 9.47 Å². The SMILES string of the molecule is Cn1c(C2(c3ccccc3)CCN(C(=NCCCc3ccccc3)NC#N)CC2)nc2cc(F)ccc21. The van der Waals surface area contributed by atoms with Crippen LogP contribution in [-0.4, -0.2) is 40.0 Å². The van der Waals surface area contributed by atoms with Gasteiger partial charge >= 0.3 is 0 Å². The van der Waals surface area contributed by atoms with Crippen LogP contribution >= 0.6 is 0 Å². The quantitative estimate of drug-likeness (QED) is 0.132. The van der Waals surface area contributed by atoms with Gasteiger partial charge in [0.15, 0.2) is 6.19 Å². The van der Waals surface area contributed by atoms with Crippen LogP contribution in [-0.2, 0) is 18.9 Å². The van der Waals surface area contributed by atoms with E-state index in [1.165, 1.54) is 23.3 Å². The Balaban J connectivity index is 1.38. The van der Waals surface area contributed by atoms with E-state index < -0.39 is 0 Å². The number of likely N-dealkylation sites (tertiary alicyclic amines) is 1. The maximum atomic E-state index is 14.0. The molecule has 1 N–H and O–H groups in total. The maximum absolute atomic E-state index is 14.0. The van der Waals surface area contributed by atoms with Gasteiger partial charge in [-0.3, -0.25) is 10.3 Å². The van der Waals surface area contributed by atoms with E-state index >= 15 is 0 Å². The van der Waals surface area contributed by atoms with Gasteiger partial charge in [-0.25, -0.2) is 9.37 Å². The molecule has 1 aromatic heterocycles. The fraction of sp³-hybridized carbons (Fsp3) is 0.300. The molecule has 188 valence electrons. The number of aryl methyl sites for hydroxylation is 2. The van der Waals surface area contributed by atoms with E-state index in [2.05, 4.69) is 69.5 Å². The minimum Gasteiger partial charge on any atom is -0.342 e. The van der Waals surface area contributed by atoms with Gasteiger partial charge in [0, 0.05) is 32.7 Å². The predicted molar refractivity (Wildman–Crippen MR) is 145 cm³/mol. The lowest BCUT2D eigenvalue weighted by Gasteiger charge is -2.42. The summed E-state index contributed by atoms with van der Waals surface area (Å²) in [6.45, 7) is 2.09. The summed E-state index contributed by atoms with van der Waals surface area (Å²) in [6.07, 6.45) is 5.53. The Morgan fingerprint density at radius 3 is 2.46 bits per heavy atom. The molecular formula is C30H31FN6. The number of guanidine groups is 1. The predicted octanol–water partition coefficient (Wildman–Crippen LogP) is 5.15. The van der Waals surface area contributed by atoms with Crippen molar-refractivity contribution in [3.8, 4) is 6.19 Å². The second-order valence-corrected chi connectivity index (χ2v) is 9.59. The van der Waals surface area contributed by atoms with Crippen LogP contribution in [0.1, 0.15) is 36.2 Å². The molecule has 3 aromatic carbocycles. The van der Waals surface area contributed by atoms with Crippen molar-refractivity contribution < 1.29 is 4.39 Å². The van der Waals surface area contributed by atoms with E-state index in [9.17, 15) is 9.65 Å². The number of nitrogens with one attached hydrogen (secondary N) is 1. The standard InChI is InChI=1S/C30H31FN6/c1-36-27-15-14-25(31)21-26(27)35-28(36)30(24-12-6-3-7-13-24)16-19-37(20-17-30)29(34-22-32)33-18-8-11-23-9-4-2-5-10-23/h2-7,9-10,12-15,21H,8,11,16-20H2,1H3,(H,33,34). The highest BCUT2D eigenvalue weighted by Crippen LogP contribution is 2.42. The summed E-state index contributed by atoms with van der Waals surface area (Å²) in [5.74, 6) is 1.29. The van der Waals surface area contributed by atoms with E-state index in [0.717, 1.165) is 50.1 Å². The molecule has 4 aromatic rings. The highest BCUT2D eigenvalue weighted by atomic mass is 19.1. The zero-order valence-electron chi connectivity index (χ0n) is 21.1. The molecule has 6 nitrogen and oxygen atoms in total. The van der Waals surface area contributed by atoms with Crippen LogP contribution in [0.2, 0.25) is 0 Å². The second kappa shape index (κ2) is 10.8. The number of aliphatic imine (C=N–C) groups is 1. The second-order valence-electron chi connectivity index (χ2n) is 9.59. The topological polar surface area (TPSA) is 69.2 Å². The highest BCUT2D eigenvalue weighted by molar-refractivity contribution is 5.81. The average Bonchev–Trinajstić information content (AvgIpc) is 3.27. The van der Waals surface area contributed by atoms with Gasteiger partial charge in [-0.05, 0) is 48.9 Å². The number of hydrogen-bond acceptors (Lipinski definition) is 3. The number of piperidine rings is 1. The zero-order chi connectivity index (χ0) is 25.7. The van der Waals surface area contributed by atoms with Gasteiger partial charge in [0.2, 0.25) is 5.96 Å². The minimum absolute atomic E-state index is 0.281. The minimum atomic E-state index is -0.326. The van der Waals surface area contributed by atoms with Crippen LogP contribution in [0.5, 0.6) is 0 Å². The first-order valence-electron chi connectivity index (χ1n) is 12.8. The summed E-state index contributed by atoms with van der Waals surface area (Å²) < 4.78 is 16.1. The molecule has 1 aliphatic heterocycles. The molecule has 0 bridgehead atoms. The van der Waals surface area contributed by atoms with Crippen molar-refractivity contribution in [2.75, 3.05) is 19.6 Å². The van der Waals surface area contributed by atoms with Crippen molar-refractivity contribution >= 4 is 17.0 Å². The molecule has 1 saturated heterocycles. The fourth-order valence-corrected chi connectivity index (χ4v) is 5.48. The maximum Gasteiger partial charge on any atom is 0.207 e. The van der Waals surface area contributed by atoms with Crippen molar-refractivity contribution in [2.24, 2.45) is 12.0 Å². The molecule has 7 heteroatoms. The largest absolute Gasteiger partial charge is 0.342 e. The van der Waals surface area contributed by atoms with E-state index in [0.29, 0.717) is 18.0 Å². The zero-order valence-corrected chi connectivity index (χ0v) is 21.1. The van der Waals surface area contributed by atoms with E-state index in [1.807, 2.05) is 19.2 Å². The Hall–Kier alpha value is -4.18. The summed E-state index contributed by atoms with van der Waals surface area (Å²) in [5.41, 5.74) is 3.75. The van der Waals surface area contributed by atoms with Crippen molar-refractivity contribution in [3.05, 3.63) is 102 Å². The average molecular weight is 495 g/mol. The first-order valence-corrected chi connectivity index (χ1v) is 12.8. The Morgan fingerprint density at radius 2 is 1.76 bits per heavy atom. The molecule has 0 atom stereocenters. The lowest BCUT2D eigenvalue weighted by molar-refractivity contribution is 0.242. The van der Waals surface area contributed by atoms with Crippen LogP contribution < -0.4 is 5.32 Å². The molecule has 1 aliphatic rings. The van der Waals surface area contributed by atoms with Crippen LogP contribution in [0, 0.1) is 17.3 Å². The Bertz CT molecular complexity index is 1410. The van der Waals surface area contributed by atoms with Gasteiger partial charge in [-0.2, -0.15) is 5.26 Å². The number of aromatic nitrogens is 2. The molecule has 0 saturated carbocycles. The summed E-state index contributed by atoms with van der Waals surface area (Å²) >= 11 is 0. The lowest BCUT2D eigenvalue weighted by Crippen LogP contribution is -2.49. The molecule has 0 spiro atoms. The summed E-state index contributed by atoms with van der Waals surface area (Å²) in [4.78, 5) is 11.9. The number of imidazole rings is 1. The number of benzene rings is 3. The monoisotopic (exact) mass is 494 g/mol. The van der Waals surface area contributed by atoms with Gasteiger partial charge in [-0.15, -0.1) is 0 Å². The van der Waals surface area contributed by atoms with Crippen LogP contribution in [0.3, 0.4) is 0 Å². The van der Waals surface area contributed by atoms with Crippen LogP contribution in [0.25, 0.3) is 11.0 Å². The Morgan fingerprint density at radius 1 is 1.05 bits per heavy atom. The van der Waals surface area contributed by atoms with E-state index in [1.54, 1.807) is 6.07 Å². The molecule has 0 unspecified atom stereocenters. The van der Waals surface area contributed by atoms with Gasteiger partial charge in [0.1, 0.15) is 11.6 Å². The number of fused-ring (bicyclic) bond motifs is 1. The third-order valence-corrected chi connectivity index (χ3v) is 7.41. The Kier molecular flexibility index (Phi) is 7.18. The van der Waals surface area contributed by atoms with Crippen molar-refractivity contribution in [1.29, 1.82) is 5.26 Å². The van der Waals surface area contributed by atoms with Crippen LogP contribution in [0.15, 0.2) is 83.9 Å². The number of rotatable bonds is 6. The molecule has 5 rings (SSSR count).